The molecule has 0 saturated carbocycles. The van der Waals surface area contributed by atoms with Crippen LogP contribution in [0.1, 0.15) is 42.4 Å². The van der Waals surface area contributed by atoms with Gasteiger partial charge < -0.3 is 4.57 Å². The molecule has 3 aromatic carbocycles. The molecule has 5 rings (SSSR count). The van der Waals surface area contributed by atoms with Gasteiger partial charge in [-0.3, -0.25) is 9.69 Å². The standard InChI is InChI=1S/C30H30N4OS/c1-2-23-14-15-27-28(20-23)36-30(32-27)34(18-9-17-33-19-16-31-22-33)29(35)21-26(24-10-5-3-6-11-24)25-12-7-4-8-13-25/h3-8,10-16,19-20,22,26H,2,9,17-18,21H2,1H3. The van der Waals surface area contributed by atoms with E-state index in [1.54, 1.807) is 17.5 Å². The number of aromatic nitrogens is 3. The lowest BCUT2D eigenvalue weighted by Gasteiger charge is -2.24. The van der Waals surface area contributed by atoms with Gasteiger partial charge in [-0.15, -0.1) is 0 Å². The number of carbonyl (C=O) groups excluding carboxylic acids is 1. The molecule has 0 fully saturated rings. The minimum absolute atomic E-state index is 0.0166. The highest BCUT2D eigenvalue weighted by Crippen LogP contribution is 2.33. The molecule has 182 valence electrons. The highest BCUT2D eigenvalue weighted by molar-refractivity contribution is 7.22. The number of anilines is 1. The summed E-state index contributed by atoms with van der Waals surface area (Å²) in [6.07, 6.45) is 7.74. The number of imidazole rings is 1. The second-order valence-corrected chi connectivity index (χ2v) is 9.94. The summed E-state index contributed by atoms with van der Waals surface area (Å²) in [7, 11) is 0. The van der Waals surface area contributed by atoms with Gasteiger partial charge in [-0.05, 0) is 41.7 Å². The summed E-state index contributed by atoms with van der Waals surface area (Å²) in [6.45, 7) is 3.56. The Hall–Kier alpha value is -3.77. The van der Waals surface area contributed by atoms with E-state index in [4.69, 9.17) is 4.98 Å². The highest BCUT2D eigenvalue weighted by Gasteiger charge is 2.25. The minimum Gasteiger partial charge on any atom is -0.337 e. The smallest absolute Gasteiger partial charge is 0.229 e. The SMILES string of the molecule is CCc1ccc2nc(N(CCCn3ccnc3)C(=O)CC(c3ccccc3)c3ccccc3)sc2c1. The van der Waals surface area contributed by atoms with Crippen molar-refractivity contribution in [3.8, 4) is 0 Å². The van der Waals surface area contributed by atoms with Gasteiger partial charge in [0.15, 0.2) is 5.13 Å². The van der Waals surface area contributed by atoms with Crippen molar-refractivity contribution in [2.75, 3.05) is 11.4 Å². The third kappa shape index (κ3) is 5.55. The van der Waals surface area contributed by atoms with E-state index in [2.05, 4.69) is 54.4 Å². The summed E-state index contributed by atoms with van der Waals surface area (Å²) < 4.78 is 3.17. The lowest BCUT2D eigenvalue weighted by atomic mass is 9.88. The van der Waals surface area contributed by atoms with Gasteiger partial charge in [0.25, 0.3) is 0 Å². The lowest BCUT2D eigenvalue weighted by molar-refractivity contribution is -0.118. The maximum absolute atomic E-state index is 14.0. The molecular formula is C30H30N4OS. The maximum atomic E-state index is 14.0. The second kappa shape index (κ2) is 11.3. The van der Waals surface area contributed by atoms with Crippen molar-refractivity contribution in [3.63, 3.8) is 0 Å². The first-order valence-electron chi connectivity index (χ1n) is 12.5. The lowest BCUT2D eigenvalue weighted by Crippen LogP contribution is -2.33. The Morgan fingerprint density at radius 3 is 2.36 bits per heavy atom. The monoisotopic (exact) mass is 494 g/mol. The van der Waals surface area contributed by atoms with Crippen molar-refractivity contribution in [1.29, 1.82) is 0 Å². The Balaban J connectivity index is 1.44. The fourth-order valence-electron chi connectivity index (χ4n) is 4.53. The summed E-state index contributed by atoms with van der Waals surface area (Å²) in [5, 5.41) is 0.772. The molecule has 0 aliphatic heterocycles. The van der Waals surface area contributed by atoms with Crippen LogP contribution in [0.25, 0.3) is 10.2 Å². The van der Waals surface area contributed by atoms with Crippen LogP contribution in [-0.2, 0) is 17.8 Å². The zero-order valence-electron chi connectivity index (χ0n) is 20.5. The fraction of sp³-hybridized carbons (Fsp3) is 0.233. The van der Waals surface area contributed by atoms with Crippen LogP contribution in [0.2, 0.25) is 0 Å². The maximum Gasteiger partial charge on any atom is 0.229 e. The van der Waals surface area contributed by atoms with Gasteiger partial charge in [0.1, 0.15) is 0 Å². The number of benzene rings is 3. The molecule has 36 heavy (non-hydrogen) atoms. The molecule has 6 heteroatoms. The van der Waals surface area contributed by atoms with Crippen LogP contribution in [0.4, 0.5) is 5.13 Å². The van der Waals surface area contributed by atoms with E-state index in [1.165, 1.54) is 5.56 Å². The van der Waals surface area contributed by atoms with Crippen LogP contribution in [0.3, 0.4) is 0 Å². The normalized spacial score (nSPS) is 11.3. The molecule has 2 aromatic heterocycles. The van der Waals surface area contributed by atoms with Gasteiger partial charge in [-0.1, -0.05) is 85.0 Å². The molecule has 0 aliphatic carbocycles. The fourth-order valence-corrected chi connectivity index (χ4v) is 5.61. The van der Waals surface area contributed by atoms with Crippen LogP contribution < -0.4 is 4.90 Å². The number of amides is 1. The summed E-state index contributed by atoms with van der Waals surface area (Å²) in [5.74, 6) is 0.0743. The largest absolute Gasteiger partial charge is 0.337 e. The highest BCUT2D eigenvalue weighted by atomic mass is 32.1. The van der Waals surface area contributed by atoms with Gasteiger partial charge in [0.05, 0.1) is 16.5 Å². The zero-order chi connectivity index (χ0) is 24.7. The first-order valence-corrected chi connectivity index (χ1v) is 13.3. The van der Waals surface area contributed by atoms with E-state index in [9.17, 15) is 4.79 Å². The van der Waals surface area contributed by atoms with Gasteiger partial charge in [0.2, 0.25) is 5.91 Å². The van der Waals surface area contributed by atoms with Crippen LogP contribution >= 0.6 is 11.3 Å². The summed E-state index contributed by atoms with van der Waals surface area (Å²) in [5.41, 5.74) is 4.52. The topological polar surface area (TPSA) is 51.0 Å². The number of hydrogen-bond donors (Lipinski definition) is 0. The summed E-state index contributed by atoms with van der Waals surface area (Å²) in [6, 6.07) is 27.0. The molecule has 2 heterocycles. The van der Waals surface area contributed by atoms with Crippen molar-refractivity contribution in [2.24, 2.45) is 0 Å². The van der Waals surface area contributed by atoms with Gasteiger partial charge in [-0.2, -0.15) is 0 Å². The third-order valence-electron chi connectivity index (χ3n) is 6.52. The number of carbonyl (C=O) groups is 1. The zero-order valence-corrected chi connectivity index (χ0v) is 21.3. The predicted molar refractivity (Wildman–Crippen MR) is 148 cm³/mol. The van der Waals surface area contributed by atoms with Crippen LogP contribution in [0.5, 0.6) is 0 Å². The molecule has 5 aromatic rings. The Labute approximate surface area is 216 Å². The second-order valence-electron chi connectivity index (χ2n) is 8.93. The number of fused-ring (bicyclic) bond motifs is 1. The minimum atomic E-state index is -0.0166. The summed E-state index contributed by atoms with van der Waals surface area (Å²) in [4.78, 5) is 24.9. The molecule has 0 spiro atoms. The molecule has 0 bridgehead atoms. The Kier molecular flexibility index (Phi) is 7.52. The van der Waals surface area contributed by atoms with Gasteiger partial charge in [-0.25, -0.2) is 9.97 Å². The Morgan fingerprint density at radius 1 is 1.00 bits per heavy atom. The van der Waals surface area contributed by atoms with E-state index in [1.807, 2.05) is 58.4 Å². The number of rotatable bonds is 10. The molecular weight excluding hydrogens is 464 g/mol. The van der Waals surface area contributed by atoms with Crippen LogP contribution in [0, 0.1) is 0 Å². The van der Waals surface area contributed by atoms with Crippen LogP contribution in [-0.4, -0.2) is 27.0 Å². The third-order valence-corrected chi connectivity index (χ3v) is 7.56. The van der Waals surface area contributed by atoms with Gasteiger partial charge >= 0.3 is 0 Å². The molecule has 1 amide bonds. The molecule has 0 saturated heterocycles. The molecule has 0 atom stereocenters. The summed E-state index contributed by atoms with van der Waals surface area (Å²) >= 11 is 1.60. The van der Waals surface area contributed by atoms with Crippen molar-refractivity contribution in [3.05, 3.63) is 114 Å². The molecule has 0 N–H and O–H groups in total. The van der Waals surface area contributed by atoms with Gasteiger partial charge in [0, 0.05) is 37.8 Å². The van der Waals surface area contributed by atoms with E-state index >= 15 is 0 Å². The number of thiazole rings is 1. The Bertz CT molecular complexity index is 1360. The van der Waals surface area contributed by atoms with Crippen molar-refractivity contribution < 1.29 is 4.79 Å². The predicted octanol–water partition coefficient (Wildman–Crippen LogP) is 6.70. The Morgan fingerprint density at radius 2 is 1.72 bits per heavy atom. The average molecular weight is 495 g/mol. The quantitative estimate of drug-likeness (QED) is 0.217. The molecule has 5 nitrogen and oxygen atoms in total. The average Bonchev–Trinajstić information content (AvgIpc) is 3.60. The molecule has 0 radical (unpaired) electrons. The van der Waals surface area contributed by atoms with Crippen LogP contribution in [0.15, 0.2) is 97.6 Å². The number of hydrogen-bond acceptors (Lipinski definition) is 4. The number of nitrogens with zero attached hydrogens (tertiary/aromatic N) is 4. The van der Waals surface area contributed by atoms with Crippen molar-refractivity contribution >= 4 is 32.6 Å². The van der Waals surface area contributed by atoms with Crippen molar-refractivity contribution in [1.82, 2.24) is 14.5 Å². The molecule has 0 aliphatic rings. The number of aryl methyl sites for hydroxylation is 2. The first kappa shape index (κ1) is 23.9. The van der Waals surface area contributed by atoms with E-state index < -0.39 is 0 Å². The van der Waals surface area contributed by atoms with E-state index in [-0.39, 0.29) is 11.8 Å². The van der Waals surface area contributed by atoms with Crippen molar-refractivity contribution in [2.45, 2.75) is 38.6 Å². The van der Waals surface area contributed by atoms with E-state index in [0.29, 0.717) is 13.0 Å². The molecule has 0 unspecified atom stereocenters. The van der Waals surface area contributed by atoms with E-state index in [0.717, 1.165) is 45.9 Å². The first-order chi connectivity index (χ1) is 17.7.